The van der Waals surface area contributed by atoms with Gasteiger partial charge in [0.2, 0.25) is 0 Å². The lowest BCUT2D eigenvalue weighted by Gasteiger charge is -2.01. The lowest BCUT2D eigenvalue weighted by Crippen LogP contribution is -1.99. The Bertz CT molecular complexity index is 97.1. The smallest absolute Gasteiger partial charge is 0.0549 e. The van der Waals surface area contributed by atoms with Gasteiger partial charge in [-0.3, -0.25) is 0 Å². The second-order valence-corrected chi connectivity index (χ2v) is 2.57. The van der Waals surface area contributed by atoms with Crippen molar-refractivity contribution in [1.82, 2.24) is 0 Å². The van der Waals surface area contributed by atoms with Crippen molar-refractivity contribution in [3.63, 3.8) is 0 Å². The molecule has 0 aliphatic carbocycles. The molecule has 0 heterocycles. The van der Waals surface area contributed by atoms with Crippen molar-refractivity contribution < 1.29 is 5.11 Å². The van der Waals surface area contributed by atoms with Gasteiger partial charge in [-0.2, -0.15) is 0 Å². The quantitative estimate of drug-likeness (QED) is 0.479. The Balaban J connectivity index is 3.49. The van der Waals surface area contributed by atoms with Gasteiger partial charge in [0.05, 0.1) is 6.10 Å². The first-order valence-corrected chi connectivity index (χ1v) is 3.60. The van der Waals surface area contributed by atoms with Gasteiger partial charge in [-0.05, 0) is 20.3 Å². The third-order valence-electron chi connectivity index (χ3n) is 1.04. The van der Waals surface area contributed by atoms with E-state index >= 15 is 0 Å². The molecule has 0 amide bonds. The topological polar surface area (TPSA) is 20.2 Å². The van der Waals surface area contributed by atoms with Crippen LogP contribution in [0, 0.1) is 0 Å². The summed E-state index contributed by atoms with van der Waals surface area (Å²) in [5.41, 5.74) is 1.15. The highest BCUT2D eigenvalue weighted by molar-refractivity contribution is 6.18. The molecule has 0 rings (SSSR count). The van der Waals surface area contributed by atoms with Crippen LogP contribution >= 0.6 is 11.6 Å². The van der Waals surface area contributed by atoms with Crippen LogP contribution in [-0.2, 0) is 0 Å². The molecule has 0 saturated carbocycles. The van der Waals surface area contributed by atoms with E-state index in [4.69, 9.17) is 16.7 Å². The lowest BCUT2D eigenvalue weighted by atomic mass is 10.1. The molecular weight excluding hydrogens is 136 g/mol. The number of hydrogen-bond acceptors (Lipinski definition) is 1. The Morgan fingerprint density at radius 1 is 1.78 bits per heavy atom. The molecule has 0 radical (unpaired) electrons. The minimum Gasteiger partial charge on any atom is -0.393 e. The van der Waals surface area contributed by atoms with Crippen molar-refractivity contribution in [1.29, 1.82) is 0 Å². The number of rotatable bonds is 3. The number of alkyl halides is 1. The zero-order chi connectivity index (χ0) is 7.28. The maximum Gasteiger partial charge on any atom is 0.0549 e. The van der Waals surface area contributed by atoms with Gasteiger partial charge < -0.3 is 5.11 Å². The predicted molar refractivity (Wildman–Crippen MR) is 40.8 cm³/mol. The molecule has 0 spiro atoms. The maximum atomic E-state index is 8.87. The Hall–Kier alpha value is -0.0100. The van der Waals surface area contributed by atoms with Gasteiger partial charge in [-0.15, -0.1) is 11.6 Å². The van der Waals surface area contributed by atoms with E-state index in [1.807, 2.05) is 13.0 Å². The highest BCUT2D eigenvalue weighted by Gasteiger charge is 1.94. The Kier molecular flexibility index (Phi) is 4.83. The summed E-state index contributed by atoms with van der Waals surface area (Å²) in [5, 5.41) is 8.87. The number of halogens is 1. The van der Waals surface area contributed by atoms with Crippen LogP contribution in [0.15, 0.2) is 11.6 Å². The summed E-state index contributed by atoms with van der Waals surface area (Å²) in [6.07, 6.45) is 2.39. The first-order chi connectivity index (χ1) is 4.16. The van der Waals surface area contributed by atoms with Crippen molar-refractivity contribution in [2.45, 2.75) is 26.4 Å². The first-order valence-electron chi connectivity index (χ1n) is 3.06. The van der Waals surface area contributed by atoms with Gasteiger partial charge in [0.25, 0.3) is 0 Å². The highest BCUT2D eigenvalue weighted by Crippen LogP contribution is 2.03. The fraction of sp³-hybridized carbons (Fsp3) is 0.714. The van der Waals surface area contributed by atoms with Crippen LogP contribution in [0.25, 0.3) is 0 Å². The lowest BCUT2D eigenvalue weighted by molar-refractivity contribution is 0.195. The minimum absolute atomic E-state index is 0.246. The second kappa shape index (κ2) is 4.83. The molecule has 0 fully saturated rings. The average Bonchev–Trinajstić information content (AvgIpc) is 1.63. The number of aliphatic hydroxyl groups is 1. The van der Waals surface area contributed by atoms with Crippen LogP contribution < -0.4 is 0 Å². The molecule has 0 aliphatic heterocycles. The summed E-state index contributed by atoms with van der Waals surface area (Å²) in [6, 6.07) is 0. The maximum absolute atomic E-state index is 8.87. The van der Waals surface area contributed by atoms with Crippen molar-refractivity contribution in [2.24, 2.45) is 0 Å². The van der Waals surface area contributed by atoms with Crippen molar-refractivity contribution >= 4 is 11.6 Å². The Morgan fingerprint density at radius 2 is 2.33 bits per heavy atom. The van der Waals surface area contributed by atoms with E-state index in [0.717, 1.165) is 12.0 Å². The third-order valence-corrected chi connectivity index (χ3v) is 1.20. The molecule has 1 N–H and O–H groups in total. The minimum atomic E-state index is -0.246. The van der Waals surface area contributed by atoms with E-state index in [0.29, 0.717) is 5.88 Å². The zero-order valence-corrected chi connectivity index (χ0v) is 6.65. The number of aliphatic hydroxyl groups excluding tert-OH is 1. The van der Waals surface area contributed by atoms with Crippen LogP contribution in [0.2, 0.25) is 0 Å². The van der Waals surface area contributed by atoms with Crippen molar-refractivity contribution in [3.05, 3.63) is 11.6 Å². The monoisotopic (exact) mass is 148 g/mol. The standard InChI is InChI=1S/C7H13ClO/c1-6(3-4-8)5-7(2)9/h3,7,9H,4-5H2,1-2H3/b6-3+. The molecule has 0 aromatic carbocycles. The molecule has 9 heavy (non-hydrogen) atoms. The molecule has 0 bridgehead atoms. The van der Waals surface area contributed by atoms with Gasteiger partial charge in [0.1, 0.15) is 0 Å². The van der Waals surface area contributed by atoms with E-state index < -0.39 is 0 Å². The summed E-state index contributed by atoms with van der Waals surface area (Å²) in [4.78, 5) is 0. The molecule has 0 aromatic heterocycles. The number of allylic oxidation sites excluding steroid dienone is 1. The number of hydrogen-bond donors (Lipinski definition) is 1. The molecule has 1 unspecified atom stereocenters. The van der Waals surface area contributed by atoms with Gasteiger partial charge in [-0.25, -0.2) is 0 Å². The summed E-state index contributed by atoms with van der Waals surface area (Å²) in [7, 11) is 0. The normalized spacial score (nSPS) is 15.8. The van der Waals surface area contributed by atoms with Crippen LogP contribution in [0.1, 0.15) is 20.3 Å². The van der Waals surface area contributed by atoms with Gasteiger partial charge >= 0.3 is 0 Å². The van der Waals surface area contributed by atoms with Crippen molar-refractivity contribution in [2.75, 3.05) is 5.88 Å². The molecule has 0 aromatic rings. The van der Waals surface area contributed by atoms with Crippen LogP contribution in [0.4, 0.5) is 0 Å². The van der Waals surface area contributed by atoms with E-state index in [-0.39, 0.29) is 6.10 Å². The van der Waals surface area contributed by atoms with E-state index in [1.54, 1.807) is 6.92 Å². The molecule has 2 heteroatoms. The van der Waals surface area contributed by atoms with Crippen LogP contribution in [0.3, 0.4) is 0 Å². The summed E-state index contributed by atoms with van der Waals surface area (Å²) in [5.74, 6) is 0.540. The molecule has 1 nitrogen and oxygen atoms in total. The van der Waals surface area contributed by atoms with Crippen LogP contribution in [0.5, 0.6) is 0 Å². The fourth-order valence-electron chi connectivity index (χ4n) is 0.681. The van der Waals surface area contributed by atoms with Crippen molar-refractivity contribution in [3.8, 4) is 0 Å². The second-order valence-electron chi connectivity index (χ2n) is 2.26. The SMILES string of the molecule is C/C(=C\CCl)CC(C)O. The first kappa shape index (κ1) is 8.99. The van der Waals surface area contributed by atoms with Gasteiger partial charge in [0.15, 0.2) is 0 Å². The summed E-state index contributed by atoms with van der Waals surface area (Å²) >= 11 is 5.42. The zero-order valence-electron chi connectivity index (χ0n) is 5.89. The molecule has 54 valence electrons. The molecule has 0 saturated heterocycles. The highest BCUT2D eigenvalue weighted by atomic mass is 35.5. The Labute approximate surface area is 61.3 Å². The van der Waals surface area contributed by atoms with E-state index in [9.17, 15) is 0 Å². The molecule has 1 atom stereocenters. The fourth-order valence-corrected chi connectivity index (χ4v) is 0.944. The Morgan fingerprint density at radius 3 is 2.67 bits per heavy atom. The average molecular weight is 149 g/mol. The van der Waals surface area contributed by atoms with Gasteiger partial charge in [-0.1, -0.05) is 11.6 Å². The predicted octanol–water partition coefficient (Wildman–Crippen LogP) is 1.94. The summed E-state index contributed by atoms with van der Waals surface area (Å²) < 4.78 is 0. The molecular formula is C7H13ClO. The summed E-state index contributed by atoms with van der Waals surface area (Å²) in [6.45, 7) is 3.74. The largest absolute Gasteiger partial charge is 0.393 e. The molecule has 0 aliphatic rings. The van der Waals surface area contributed by atoms with Crippen LogP contribution in [-0.4, -0.2) is 17.1 Å². The van der Waals surface area contributed by atoms with E-state index in [2.05, 4.69) is 0 Å². The third kappa shape index (κ3) is 5.87. The van der Waals surface area contributed by atoms with E-state index in [1.165, 1.54) is 0 Å². The van der Waals surface area contributed by atoms with Gasteiger partial charge in [0, 0.05) is 5.88 Å².